The number of carbonyl (C=O) groups is 1. The van der Waals surface area contributed by atoms with Crippen molar-refractivity contribution in [3.05, 3.63) is 54.1 Å². The van der Waals surface area contributed by atoms with Gasteiger partial charge in [0, 0.05) is 12.1 Å². The van der Waals surface area contributed by atoms with Crippen LogP contribution < -0.4 is 14.5 Å². The van der Waals surface area contributed by atoms with Gasteiger partial charge in [-0.15, -0.1) is 11.8 Å². The first-order valence-electron chi connectivity index (χ1n) is 7.06. The van der Waals surface area contributed by atoms with Gasteiger partial charge in [0.05, 0.1) is 30.2 Å². The smallest absolute Gasteiger partial charge is 0.307 e. The largest absolute Gasteiger partial charge is 0.539 e. The quantitative estimate of drug-likeness (QED) is 0.475. The molecule has 0 bridgehead atoms. The van der Waals surface area contributed by atoms with Crippen LogP contribution in [0.4, 0.5) is 0 Å². The van der Waals surface area contributed by atoms with E-state index in [2.05, 4.69) is 9.79 Å². The maximum Gasteiger partial charge on any atom is 0.307 e. The molecule has 0 saturated heterocycles. The molecule has 0 atom stereocenters. The first kappa shape index (κ1) is 16.1. The Balaban J connectivity index is 1.74. The molecule has 2 aromatic heterocycles. The minimum absolute atomic E-state index is 0.105. The van der Waals surface area contributed by atoms with Crippen LogP contribution in [0.25, 0.3) is 5.69 Å². The first-order chi connectivity index (χ1) is 11.7. The fraction of sp³-hybridized carbons (Fsp3) is 0.188. The van der Waals surface area contributed by atoms with E-state index < -0.39 is 5.95 Å². The van der Waals surface area contributed by atoms with E-state index in [4.69, 9.17) is 9.15 Å². The van der Waals surface area contributed by atoms with Gasteiger partial charge in [-0.05, 0) is 28.9 Å². The summed E-state index contributed by atoms with van der Waals surface area (Å²) in [6, 6.07) is 10.4. The summed E-state index contributed by atoms with van der Waals surface area (Å²) in [6.07, 6.45) is 1.57. The summed E-state index contributed by atoms with van der Waals surface area (Å²) in [6.45, 7) is 0. The van der Waals surface area contributed by atoms with Crippen LogP contribution in [-0.2, 0) is 5.75 Å². The van der Waals surface area contributed by atoms with Gasteiger partial charge in [-0.2, -0.15) is 0 Å². The number of furan rings is 1. The third-order valence-corrected chi connectivity index (χ3v) is 4.20. The van der Waals surface area contributed by atoms with Crippen molar-refractivity contribution in [2.24, 2.45) is 0 Å². The molecule has 0 aliphatic carbocycles. The van der Waals surface area contributed by atoms with Gasteiger partial charge in [0.1, 0.15) is 11.5 Å². The molecule has 0 unspecified atom stereocenters. The lowest BCUT2D eigenvalue weighted by atomic mass is 10.2. The zero-order valence-electron chi connectivity index (χ0n) is 12.8. The van der Waals surface area contributed by atoms with Crippen molar-refractivity contribution in [2.75, 3.05) is 12.9 Å². The Morgan fingerprint density at radius 1 is 1.33 bits per heavy atom. The summed E-state index contributed by atoms with van der Waals surface area (Å²) in [5, 5.41) is 15.5. The number of rotatable bonds is 7. The van der Waals surface area contributed by atoms with Crippen molar-refractivity contribution in [2.45, 2.75) is 5.75 Å². The Kier molecular flexibility index (Phi) is 4.85. The van der Waals surface area contributed by atoms with Crippen molar-refractivity contribution < 1.29 is 28.3 Å². The molecule has 124 valence electrons. The van der Waals surface area contributed by atoms with Crippen LogP contribution in [0.3, 0.4) is 0 Å². The molecule has 0 fully saturated rings. The number of carbonyl (C=O) groups excluding carboxylic acids is 1. The SMILES string of the molecule is COc1ccc(-[n+]2noc([O-])c2C(=O)CSCc2ccco2)cc1. The van der Waals surface area contributed by atoms with Gasteiger partial charge in [0.15, 0.2) is 5.95 Å². The maximum atomic E-state index is 12.4. The summed E-state index contributed by atoms with van der Waals surface area (Å²) < 4.78 is 16.1. The highest BCUT2D eigenvalue weighted by Crippen LogP contribution is 2.18. The van der Waals surface area contributed by atoms with Crippen LogP contribution in [0, 0.1) is 0 Å². The topological polar surface area (TPSA) is 92.4 Å². The molecule has 7 nitrogen and oxygen atoms in total. The van der Waals surface area contributed by atoms with E-state index in [-0.39, 0.29) is 17.2 Å². The molecule has 0 spiro atoms. The molecular formula is C16H14N2O5S. The predicted molar refractivity (Wildman–Crippen MR) is 83.2 cm³/mol. The lowest BCUT2D eigenvalue weighted by molar-refractivity contribution is -0.672. The Morgan fingerprint density at radius 2 is 2.12 bits per heavy atom. The molecule has 0 saturated carbocycles. The number of hydrogen-bond donors (Lipinski definition) is 0. The molecule has 0 N–H and O–H groups in total. The monoisotopic (exact) mass is 346 g/mol. The molecule has 3 aromatic rings. The van der Waals surface area contributed by atoms with Crippen molar-refractivity contribution in [1.82, 2.24) is 5.27 Å². The fourth-order valence-corrected chi connectivity index (χ4v) is 2.88. The molecular weight excluding hydrogens is 332 g/mol. The average Bonchev–Trinajstić information content (AvgIpc) is 3.24. The lowest BCUT2D eigenvalue weighted by Gasteiger charge is -2.00. The van der Waals surface area contributed by atoms with Crippen LogP contribution in [0.2, 0.25) is 0 Å². The number of hydrogen-bond acceptors (Lipinski definition) is 7. The van der Waals surface area contributed by atoms with Crippen molar-refractivity contribution in [3.8, 4) is 17.4 Å². The van der Waals surface area contributed by atoms with Crippen LogP contribution in [-0.4, -0.2) is 23.9 Å². The minimum Gasteiger partial charge on any atom is -0.539 e. The van der Waals surface area contributed by atoms with Crippen LogP contribution in [0.1, 0.15) is 16.2 Å². The van der Waals surface area contributed by atoms with E-state index in [1.165, 1.54) is 16.4 Å². The lowest BCUT2D eigenvalue weighted by Crippen LogP contribution is -2.39. The Hall–Kier alpha value is -2.74. The van der Waals surface area contributed by atoms with Gasteiger partial charge < -0.3 is 18.8 Å². The standard InChI is InChI=1S/C16H14N2O5S/c1-21-12-6-4-11(5-7-12)18-15(16(20)23-17-18)14(19)10-24-9-13-3-2-8-22-13/h2-8H,9-10H2,1H3. The maximum absolute atomic E-state index is 12.4. The molecule has 0 radical (unpaired) electrons. The highest BCUT2D eigenvalue weighted by atomic mass is 32.2. The van der Waals surface area contributed by atoms with E-state index in [0.29, 0.717) is 17.2 Å². The second-order valence-corrected chi connectivity index (χ2v) is 5.80. The number of aromatic nitrogens is 2. The van der Waals surface area contributed by atoms with Gasteiger partial charge in [-0.25, -0.2) is 0 Å². The van der Waals surface area contributed by atoms with E-state index in [1.54, 1.807) is 43.7 Å². The molecule has 0 aliphatic rings. The van der Waals surface area contributed by atoms with Crippen molar-refractivity contribution >= 4 is 17.5 Å². The van der Waals surface area contributed by atoms with E-state index in [9.17, 15) is 9.90 Å². The fourth-order valence-electron chi connectivity index (χ4n) is 2.09. The first-order valence-corrected chi connectivity index (χ1v) is 8.21. The molecule has 0 aliphatic heterocycles. The summed E-state index contributed by atoms with van der Waals surface area (Å²) in [5.41, 5.74) is 0.438. The zero-order chi connectivity index (χ0) is 16.9. The second kappa shape index (κ2) is 7.22. The Labute approximate surface area is 141 Å². The number of ether oxygens (including phenoxy) is 1. The van der Waals surface area contributed by atoms with Gasteiger partial charge in [-0.3, -0.25) is 4.79 Å². The summed E-state index contributed by atoms with van der Waals surface area (Å²) >= 11 is 1.35. The Morgan fingerprint density at radius 3 is 2.79 bits per heavy atom. The third kappa shape index (κ3) is 3.43. The number of benzene rings is 1. The Bertz CT molecular complexity index is 812. The number of thioether (sulfide) groups is 1. The molecule has 1 aromatic carbocycles. The highest BCUT2D eigenvalue weighted by Gasteiger charge is 2.27. The van der Waals surface area contributed by atoms with Crippen LogP contribution in [0.5, 0.6) is 11.7 Å². The number of nitrogens with zero attached hydrogens (tertiary/aromatic N) is 2. The number of ketones is 1. The van der Waals surface area contributed by atoms with Gasteiger partial charge in [0.2, 0.25) is 11.5 Å². The summed E-state index contributed by atoms with van der Waals surface area (Å²) in [5.74, 6) is 0.979. The van der Waals surface area contributed by atoms with E-state index in [1.807, 2.05) is 6.07 Å². The zero-order valence-corrected chi connectivity index (χ0v) is 13.6. The molecule has 0 amide bonds. The molecule has 8 heteroatoms. The third-order valence-electron chi connectivity index (χ3n) is 3.25. The molecule has 2 heterocycles. The summed E-state index contributed by atoms with van der Waals surface area (Å²) in [7, 11) is 1.55. The van der Waals surface area contributed by atoms with Crippen LogP contribution in [0.15, 0.2) is 51.6 Å². The second-order valence-electron chi connectivity index (χ2n) is 4.81. The average molecular weight is 346 g/mol. The minimum atomic E-state index is -0.755. The normalized spacial score (nSPS) is 10.7. The molecule has 3 rings (SSSR count). The highest BCUT2D eigenvalue weighted by molar-refractivity contribution is 7.99. The van der Waals surface area contributed by atoms with E-state index in [0.717, 1.165) is 5.76 Å². The van der Waals surface area contributed by atoms with Gasteiger partial charge >= 0.3 is 5.69 Å². The van der Waals surface area contributed by atoms with E-state index >= 15 is 0 Å². The van der Waals surface area contributed by atoms with Crippen molar-refractivity contribution in [3.63, 3.8) is 0 Å². The van der Waals surface area contributed by atoms with Crippen molar-refractivity contribution in [1.29, 1.82) is 0 Å². The van der Waals surface area contributed by atoms with Gasteiger partial charge in [0.25, 0.3) is 0 Å². The van der Waals surface area contributed by atoms with Crippen LogP contribution >= 0.6 is 11.8 Å². The number of Topliss-reactive ketones (excluding diaryl/α,β-unsaturated/α-hetero) is 1. The van der Waals surface area contributed by atoms with Gasteiger partial charge in [-0.1, -0.05) is 0 Å². The summed E-state index contributed by atoms with van der Waals surface area (Å²) in [4.78, 5) is 12.4. The molecule has 24 heavy (non-hydrogen) atoms. The predicted octanol–water partition coefficient (Wildman–Crippen LogP) is 1.74. The number of methoxy groups -OCH3 is 1.